The van der Waals surface area contributed by atoms with Crippen LogP contribution in [0.5, 0.6) is 0 Å². The molecule has 3 N–H and O–H groups in total. The van der Waals surface area contributed by atoms with Gasteiger partial charge in [0.15, 0.2) is 0 Å². The summed E-state index contributed by atoms with van der Waals surface area (Å²) in [6.07, 6.45) is 5.39. The predicted octanol–water partition coefficient (Wildman–Crippen LogP) is 5.90. The fraction of sp³-hybridized carbons (Fsp3) is 0.455. The van der Waals surface area contributed by atoms with Gasteiger partial charge in [0.1, 0.15) is 28.8 Å². The number of carbonyl (C=O) groups is 1. The average Bonchev–Trinajstić information content (AvgIpc) is 3.01. The Labute approximate surface area is 260 Å². The maximum absolute atomic E-state index is 15.1. The van der Waals surface area contributed by atoms with Crippen LogP contribution in [0.3, 0.4) is 0 Å². The van der Waals surface area contributed by atoms with Crippen LogP contribution in [0, 0.1) is 34.7 Å². The van der Waals surface area contributed by atoms with Gasteiger partial charge in [0.25, 0.3) is 5.91 Å². The van der Waals surface area contributed by atoms with Crippen LogP contribution >= 0.6 is 0 Å². The molecule has 1 aliphatic rings. The number of rotatable bonds is 14. The SMILES string of the molecule is CCCOCCOCc1cc(F)c(-c2nc(C(=O)Nc3cnccc3[C@H]3C[C@@H](N)[C@@H](OCCC#N)[C@@H](C)C3)ccc2F)c(F)c1. The van der Waals surface area contributed by atoms with Crippen LogP contribution in [-0.2, 0) is 20.8 Å². The summed E-state index contributed by atoms with van der Waals surface area (Å²) in [6, 6.07) is 7.78. The molecule has 12 heteroatoms. The van der Waals surface area contributed by atoms with E-state index in [2.05, 4.69) is 21.4 Å². The lowest BCUT2D eigenvalue weighted by Gasteiger charge is -2.39. The Bertz CT molecular complexity index is 1470. The summed E-state index contributed by atoms with van der Waals surface area (Å²) >= 11 is 0. The number of hydrogen-bond acceptors (Lipinski definition) is 8. The molecule has 1 amide bonds. The molecular weight excluding hydrogens is 587 g/mol. The highest BCUT2D eigenvalue weighted by atomic mass is 19.1. The normalized spacial score (nSPS) is 19.7. The number of nitrogens with one attached hydrogen (secondary N) is 1. The molecule has 0 unspecified atom stereocenters. The zero-order chi connectivity index (χ0) is 32.3. The quantitative estimate of drug-likeness (QED) is 0.212. The zero-order valence-electron chi connectivity index (χ0n) is 25.4. The first-order chi connectivity index (χ1) is 21.7. The molecule has 1 saturated carbocycles. The minimum Gasteiger partial charge on any atom is -0.379 e. The van der Waals surface area contributed by atoms with Crippen LogP contribution in [0.1, 0.15) is 67.1 Å². The summed E-state index contributed by atoms with van der Waals surface area (Å²) in [5, 5.41) is 11.6. The van der Waals surface area contributed by atoms with E-state index in [0.717, 1.165) is 42.7 Å². The lowest BCUT2D eigenvalue weighted by Crippen LogP contribution is -2.46. The summed E-state index contributed by atoms with van der Waals surface area (Å²) in [7, 11) is 0. The molecule has 0 saturated heterocycles. The highest BCUT2D eigenvalue weighted by Gasteiger charge is 2.36. The molecule has 0 aliphatic heterocycles. The van der Waals surface area contributed by atoms with Crippen molar-refractivity contribution >= 4 is 11.6 Å². The van der Waals surface area contributed by atoms with E-state index in [0.29, 0.717) is 31.9 Å². The van der Waals surface area contributed by atoms with Crippen LogP contribution in [0.15, 0.2) is 42.7 Å². The first-order valence-electron chi connectivity index (χ1n) is 15.0. The van der Waals surface area contributed by atoms with E-state index in [1.807, 2.05) is 13.8 Å². The van der Waals surface area contributed by atoms with Gasteiger partial charge in [-0.25, -0.2) is 18.2 Å². The van der Waals surface area contributed by atoms with Crippen LogP contribution in [0.4, 0.5) is 18.9 Å². The topological polar surface area (TPSA) is 132 Å². The monoisotopic (exact) mass is 625 g/mol. The molecule has 9 nitrogen and oxygen atoms in total. The van der Waals surface area contributed by atoms with Crippen molar-refractivity contribution in [1.29, 1.82) is 5.26 Å². The van der Waals surface area contributed by atoms with Crippen molar-refractivity contribution in [2.45, 2.75) is 64.2 Å². The van der Waals surface area contributed by atoms with E-state index >= 15 is 8.78 Å². The van der Waals surface area contributed by atoms with Gasteiger partial charge in [0, 0.05) is 18.8 Å². The Morgan fingerprint density at radius 2 is 1.82 bits per heavy atom. The molecule has 4 atom stereocenters. The molecule has 0 bridgehead atoms. The van der Waals surface area contributed by atoms with E-state index in [1.54, 1.807) is 12.3 Å². The zero-order valence-corrected chi connectivity index (χ0v) is 25.4. The molecule has 1 fully saturated rings. The van der Waals surface area contributed by atoms with E-state index in [4.69, 9.17) is 25.2 Å². The number of amides is 1. The van der Waals surface area contributed by atoms with Crippen LogP contribution in [-0.4, -0.2) is 54.4 Å². The van der Waals surface area contributed by atoms with Gasteiger partial charge in [-0.2, -0.15) is 5.26 Å². The first-order valence-corrected chi connectivity index (χ1v) is 15.0. The van der Waals surface area contributed by atoms with E-state index in [1.165, 1.54) is 6.20 Å². The van der Waals surface area contributed by atoms with Crippen molar-refractivity contribution in [3.05, 3.63) is 77.0 Å². The number of hydrogen-bond donors (Lipinski definition) is 2. The molecule has 2 aromatic heterocycles. The minimum atomic E-state index is -1.04. The lowest BCUT2D eigenvalue weighted by molar-refractivity contribution is -0.0198. The molecular formula is C33H38F3N5O4. The van der Waals surface area contributed by atoms with E-state index in [-0.39, 0.29) is 54.9 Å². The fourth-order valence-corrected chi connectivity index (χ4v) is 5.63. The molecule has 45 heavy (non-hydrogen) atoms. The third-order valence-electron chi connectivity index (χ3n) is 7.67. The van der Waals surface area contributed by atoms with E-state index < -0.39 is 34.6 Å². The Hall–Kier alpha value is -3.89. The lowest BCUT2D eigenvalue weighted by atomic mass is 9.74. The van der Waals surface area contributed by atoms with E-state index in [9.17, 15) is 9.18 Å². The Morgan fingerprint density at radius 1 is 1.07 bits per heavy atom. The van der Waals surface area contributed by atoms with Gasteiger partial charge in [0.2, 0.25) is 0 Å². The van der Waals surface area contributed by atoms with Crippen molar-refractivity contribution in [3.63, 3.8) is 0 Å². The van der Waals surface area contributed by atoms with Crippen molar-refractivity contribution in [2.24, 2.45) is 11.7 Å². The molecule has 240 valence electrons. The predicted molar refractivity (Wildman–Crippen MR) is 162 cm³/mol. The first kappa shape index (κ1) is 34.0. The molecule has 4 rings (SSSR count). The summed E-state index contributed by atoms with van der Waals surface area (Å²) < 4.78 is 61.6. The largest absolute Gasteiger partial charge is 0.379 e. The Morgan fingerprint density at radius 3 is 2.53 bits per heavy atom. The molecule has 1 aliphatic carbocycles. The van der Waals surface area contributed by atoms with Crippen LogP contribution in [0.25, 0.3) is 11.3 Å². The number of halogens is 3. The number of benzene rings is 1. The molecule has 3 aromatic rings. The van der Waals surface area contributed by atoms with Crippen LogP contribution in [0.2, 0.25) is 0 Å². The van der Waals surface area contributed by atoms with Crippen molar-refractivity contribution in [2.75, 3.05) is 31.7 Å². The number of nitriles is 1. The Balaban J connectivity index is 1.48. The van der Waals surface area contributed by atoms with Crippen molar-refractivity contribution in [3.8, 4) is 17.3 Å². The number of carbonyl (C=O) groups excluding carboxylic acids is 1. The summed E-state index contributed by atoms with van der Waals surface area (Å²) in [4.78, 5) is 21.5. The number of ether oxygens (including phenoxy) is 3. The van der Waals surface area contributed by atoms with Gasteiger partial charge in [0.05, 0.1) is 62.5 Å². The van der Waals surface area contributed by atoms with Crippen molar-refractivity contribution < 1.29 is 32.2 Å². The van der Waals surface area contributed by atoms with Gasteiger partial charge >= 0.3 is 0 Å². The fourth-order valence-electron chi connectivity index (χ4n) is 5.63. The Kier molecular flexibility index (Phi) is 12.4. The number of aromatic nitrogens is 2. The second kappa shape index (κ2) is 16.4. The molecule has 1 aromatic carbocycles. The highest BCUT2D eigenvalue weighted by molar-refractivity contribution is 6.03. The van der Waals surface area contributed by atoms with Gasteiger partial charge in [-0.3, -0.25) is 9.78 Å². The molecule has 2 heterocycles. The molecule has 0 spiro atoms. The number of nitrogens with two attached hydrogens (primary N) is 1. The second-order valence-electron chi connectivity index (χ2n) is 11.1. The summed E-state index contributed by atoms with van der Waals surface area (Å²) in [6.45, 7) is 5.47. The van der Waals surface area contributed by atoms with Gasteiger partial charge in [-0.1, -0.05) is 13.8 Å². The maximum Gasteiger partial charge on any atom is 0.274 e. The average molecular weight is 626 g/mol. The standard InChI is InChI=1S/C33H38F3N5O4/c1-3-10-43-12-13-44-19-21-15-25(35)30(26(36)16-21)31-24(34)5-6-28(40-31)33(42)41-29-18-39-9-7-23(29)22-14-20(2)32(27(38)17-22)45-11-4-8-37/h5-7,9,15-16,18,20,22,27,32H,3-4,10-14,17,19,38H2,1-2H3,(H,41,42)/t20-,22+,27+,32-/m0/s1. The van der Waals surface area contributed by atoms with Crippen LogP contribution < -0.4 is 11.1 Å². The third-order valence-corrected chi connectivity index (χ3v) is 7.67. The second-order valence-corrected chi connectivity index (χ2v) is 11.1. The third kappa shape index (κ3) is 8.85. The molecule has 0 radical (unpaired) electrons. The summed E-state index contributed by atoms with van der Waals surface area (Å²) in [5.74, 6) is -3.68. The number of nitrogens with zero attached hydrogens (tertiary/aromatic N) is 3. The summed E-state index contributed by atoms with van der Waals surface area (Å²) in [5.41, 5.74) is 6.36. The number of pyridine rings is 2. The highest BCUT2D eigenvalue weighted by Crippen LogP contribution is 2.39. The van der Waals surface area contributed by atoms with Gasteiger partial charge in [-0.15, -0.1) is 0 Å². The smallest absolute Gasteiger partial charge is 0.274 e. The maximum atomic E-state index is 15.1. The van der Waals surface area contributed by atoms with Gasteiger partial charge < -0.3 is 25.3 Å². The van der Waals surface area contributed by atoms with Gasteiger partial charge in [-0.05, 0) is 72.6 Å². The number of anilines is 1. The van der Waals surface area contributed by atoms with Crippen molar-refractivity contribution in [1.82, 2.24) is 9.97 Å². The minimum absolute atomic E-state index is 0.0181.